The zero-order valence-electron chi connectivity index (χ0n) is 13.5. The van der Waals surface area contributed by atoms with E-state index in [1.165, 1.54) is 16.9 Å². The Morgan fingerprint density at radius 1 is 1.08 bits per heavy atom. The van der Waals surface area contributed by atoms with Crippen LogP contribution in [-0.2, 0) is 5.75 Å². The monoisotopic (exact) mass is 365 g/mol. The lowest BCUT2D eigenvalue weighted by atomic mass is 10.2. The third kappa shape index (κ3) is 3.23. The van der Waals surface area contributed by atoms with Gasteiger partial charge in [-0.3, -0.25) is 9.36 Å². The van der Waals surface area contributed by atoms with Crippen molar-refractivity contribution in [2.24, 2.45) is 0 Å². The molecule has 6 heteroatoms. The van der Waals surface area contributed by atoms with E-state index in [-0.39, 0.29) is 5.56 Å². The van der Waals surface area contributed by atoms with Gasteiger partial charge in [-0.05, 0) is 24.1 Å². The van der Waals surface area contributed by atoms with Gasteiger partial charge in [-0.25, -0.2) is 9.97 Å². The summed E-state index contributed by atoms with van der Waals surface area (Å²) in [6.07, 6.45) is 1.57. The molecule has 0 saturated heterocycles. The molecule has 4 nitrogen and oxygen atoms in total. The van der Waals surface area contributed by atoms with Gasteiger partial charge in [-0.1, -0.05) is 60.3 Å². The van der Waals surface area contributed by atoms with E-state index in [1.54, 1.807) is 22.7 Å². The lowest BCUT2D eigenvalue weighted by Gasteiger charge is -2.07. The van der Waals surface area contributed by atoms with Crippen molar-refractivity contribution in [3.05, 3.63) is 82.4 Å². The largest absolute Gasteiger partial charge is 0.277 e. The Hall–Kier alpha value is -2.44. The molecule has 0 fully saturated rings. The molecule has 0 bridgehead atoms. The van der Waals surface area contributed by atoms with Crippen molar-refractivity contribution in [2.45, 2.75) is 17.0 Å². The van der Waals surface area contributed by atoms with Crippen molar-refractivity contribution in [3.63, 3.8) is 0 Å². The van der Waals surface area contributed by atoms with Crippen molar-refractivity contribution in [1.29, 1.82) is 0 Å². The Bertz CT molecular complexity index is 1090. The Labute approximate surface area is 153 Å². The number of thioether (sulfide) groups is 1. The summed E-state index contributed by atoms with van der Waals surface area (Å²) in [6.45, 7) is 1.99. The molecule has 0 spiro atoms. The molecule has 0 radical (unpaired) electrons. The van der Waals surface area contributed by atoms with Crippen LogP contribution in [0.5, 0.6) is 0 Å². The van der Waals surface area contributed by atoms with Gasteiger partial charge in [0.2, 0.25) is 0 Å². The van der Waals surface area contributed by atoms with Gasteiger partial charge in [0.05, 0.1) is 5.69 Å². The third-order valence-corrected chi connectivity index (χ3v) is 6.12. The quantitative estimate of drug-likeness (QED) is 0.502. The van der Waals surface area contributed by atoms with Crippen molar-refractivity contribution in [3.8, 4) is 5.69 Å². The SMILES string of the molecule is Cc1ccccc1-n1cnc2nc(SCc3ccccc3)sc2c1=O. The van der Waals surface area contributed by atoms with E-state index in [4.69, 9.17) is 0 Å². The van der Waals surface area contributed by atoms with E-state index in [9.17, 15) is 4.79 Å². The summed E-state index contributed by atoms with van der Waals surface area (Å²) < 4.78 is 3.06. The highest BCUT2D eigenvalue weighted by Gasteiger charge is 2.13. The van der Waals surface area contributed by atoms with E-state index < -0.39 is 0 Å². The van der Waals surface area contributed by atoms with Crippen LogP contribution in [0.25, 0.3) is 16.0 Å². The van der Waals surface area contributed by atoms with Crippen LogP contribution in [0.15, 0.2) is 70.1 Å². The molecule has 124 valence electrons. The predicted molar refractivity (Wildman–Crippen MR) is 104 cm³/mol. The first-order valence-electron chi connectivity index (χ1n) is 7.83. The van der Waals surface area contributed by atoms with Gasteiger partial charge in [0.15, 0.2) is 9.99 Å². The standard InChI is InChI=1S/C19H15N3OS2/c1-13-7-5-6-10-15(13)22-12-20-17-16(18(22)23)25-19(21-17)24-11-14-8-3-2-4-9-14/h2-10,12H,11H2,1H3. The lowest BCUT2D eigenvalue weighted by molar-refractivity contribution is 0.950. The first-order valence-corrected chi connectivity index (χ1v) is 9.63. The Morgan fingerprint density at radius 3 is 2.64 bits per heavy atom. The number of para-hydroxylation sites is 1. The molecule has 0 amide bonds. The van der Waals surface area contributed by atoms with E-state index in [0.717, 1.165) is 21.3 Å². The maximum atomic E-state index is 12.9. The number of rotatable bonds is 4. The van der Waals surface area contributed by atoms with Crippen LogP contribution in [0.2, 0.25) is 0 Å². The zero-order chi connectivity index (χ0) is 17.2. The van der Waals surface area contributed by atoms with Gasteiger partial charge >= 0.3 is 0 Å². The molecule has 2 heterocycles. The second-order valence-electron chi connectivity index (χ2n) is 5.61. The molecule has 0 unspecified atom stereocenters. The maximum absolute atomic E-state index is 12.9. The lowest BCUT2D eigenvalue weighted by Crippen LogP contribution is -2.18. The van der Waals surface area contributed by atoms with Crippen LogP contribution < -0.4 is 5.56 Å². The van der Waals surface area contributed by atoms with Crippen LogP contribution in [-0.4, -0.2) is 14.5 Å². The van der Waals surface area contributed by atoms with Gasteiger partial charge < -0.3 is 0 Å². The second kappa shape index (κ2) is 6.82. The van der Waals surface area contributed by atoms with Gasteiger partial charge in [0.25, 0.3) is 5.56 Å². The molecular weight excluding hydrogens is 350 g/mol. The van der Waals surface area contributed by atoms with Crippen LogP contribution >= 0.6 is 23.1 Å². The fraction of sp³-hybridized carbons (Fsp3) is 0.105. The average Bonchev–Trinajstić information content (AvgIpc) is 3.06. The number of aryl methyl sites for hydroxylation is 1. The fourth-order valence-corrected chi connectivity index (χ4v) is 4.56. The van der Waals surface area contributed by atoms with Crippen LogP contribution in [0, 0.1) is 6.92 Å². The highest BCUT2D eigenvalue weighted by atomic mass is 32.2. The molecule has 2 aromatic heterocycles. The first kappa shape index (κ1) is 16.1. The molecule has 4 rings (SSSR count). The normalized spacial score (nSPS) is 11.1. The zero-order valence-corrected chi connectivity index (χ0v) is 15.2. The van der Waals surface area contributed by atoms with Gasteiger partial charge in [0.1, 0.15) is 11.0 Å². The van der Waals surface area contributed by atoms with Crippen molar-refractivity contribution < 1.29 is 0 Å². The van der Waals surface area contributed by atoms with E-state index >= 15 is 0 Å². The van der Waals surface area contributed by atoms with Crippen LogP contribution in [0.4, 0.5) is 0 Å². The van der Waals surface area contributed by atoms with Gasteiger partial charge in [-0.2, -0.15) is 0 Å². The summed E-state index contributed by atoms with van der Waals surface area (Å²) in [7, 11) is 0. The Kier molecular flexibility index (Phi) is 4.38. The topological polar surface area (TPSA) is 47.8 Å². The summed E-state index contributed by atoms with van der Waals surface area (Å²) >= 11 is 3.05. The number of thiazole rings is 1. The molecule has 0 aliphatic rings. The van der Waals surface area contributed by atoms with E-state index in [2.05, 4.69) is 22.1 Å². The minimum absolute atomic E-state index is 0.0663. The number of hydrogen-bond acceptors (Lipinski definition) is 5. The smallest absolute Gasteiger partial charge is 0.267 e. The fourth-order valence-electron chi connectivity index (χ4n) is 2.58. The van der Waals surface area contributed by atoms with E-state index in [0.29, 0.717) is 10.3 Å². The summed E-state index contributed by atoms with van der Waals surface area (Å²) in [4.78, 5) is 21.7. The summed E-state index contributed by atoms with van der Waals surface area (Å²) in [5.41, 5.74) is 3.58. The van der Waals surface area contributed by atoms with Crippen molar-refractivity contribution in [1.82, 2.24) is 14.5 Å². The molecule has 4 aromatic rings. The maximum Gasteiger partial charge on any atom is 0.277 e. The molecule has 25 heavy (non-hydrogen) atoms. The molecule has 0 N–H and O–H groups in total. The van der Waals surface area contributed by atoms with E-state index in [1.807, 2.05) is 49.4 Å². The van der Waals surface area contributed by atoms with Crippen LogP contribution in [0.3, 0.4) is 0 Å². The Balaban J connectivity index is 1.68. The summed E-state index contributed by atoms with van der Waals surface area (Å²) in [5.74, 6) is 0.826. The van der Waals surface area contributed by atoms with Gasteiger partial charge in [-0.15, -0.1) is 11.3 Å². The molecule has 2 aromatic carbocycles. The highest BCUT2D eigenvalue weighted by molar-refractivity contribution is 8.00. The molecular formula is C19H15N3OS2. The number of benzene rings is 2. The minimum atomic E-state index is -0.0663. The first-order chi connectivity index (χ1) is 12.2. The number of hydrogen-bond donors (Lipinski definition) is 0. The Morgan fingerprint density at radius 2 is 1.84 bits per heavy atom. The second-order valence-corrected chi connectivity index (χ2v) is 7.83. The molecule has 0 saturated carbocycles. The molecule has 0 atom stereocenters. The van der Waals surface area contributed by atoms with Gasteiger partial charge in [0, 0.05) is 5.75 Å². The highest BCUT2D eigenvalue weighted by Crippen LogP contribution is 2.29. The summed E-state index contributed by atoms with van der Waals surface area (Å²) in [5, 5.41) is 0. The third-order valence-electron chi connectivity index (χ3n) is 3.88. The van der Waals surface area contributed by atoms with Crippen molar-refractivity contribution >= 4 is 33.4 Å². The average molecular weight is 365 g/mol. The number of nitrogens with zero attached hydrogens (tertiary/aromatic N) is 3. The van der Waals surface area contributed by atoms with Crippen LogP contribution in [0.1, 0.15) is 11.1 Å². The predicted octanol–water partition coefficient (Wildman–Crippen LogP) is 4.44. The summed E-state index contributed by atoms with van der Waals surface area (Å²) in [6, 6.07) is 18.0. The number of fused-ring (bicyclic) bond motifs is 1. The van der Waals surface area contributed by atoms with Crippen molar-refractivity contribution in [2.75, 3.05) is 0 Å². The number of aromatic nitrogens is 3. The molecule has 0 aliphatic heterocycles. The minimum Gasteiger partial charge on any atom is -0.267 e. The molecule has 0 aliphatic carbocycles.